The van der Waals surface area contributed by atoms with Crippen LogP contribution in [-0.2, 0) is 4.79 Å². The number of aliphatic carboxylic acids is 1. The van der Waals surface area contributed by atoms with Crippen LogP contribution >= 0.6 is 0 Å². The maximum Gasteiger partial charge on any atom is 0.324 e. The van der Waals surface area contributed by atoms with Crippen molar-refractivity contribution in [2.45, 2.75) is 32.7 Å². The van der Waals surface area contributed by atoms with Gasteiger partial charge in [-0.15, -0.1) is 0 Å². The molecule has 4 nitrogen and oxygen atoms in total. The maximum atomic E-state index is 10.9. The van der Waals surface area contributed by atoms with Crippen LogP contribution in [0.2, 0.25) is 0 Å². The van der Waals surface area contributed by atoms with Gasteiger partial charge in [-0.1, -0.05) is 32.9 Å². The van der Waals surface area contributed by atoms with Gasteiger partial charge in [0, 0.05) is 0 Å². The van der Waals surface area contributed by atoms with Crippen molar-refractivity contribution in [1.29, 1.82) is 0 Å². The van der Waals surface area contributed by atoms with E-state index < -0.39 is 12.0 Å². The van der Waals surface area contributed by atoms with Gasteiger partial charge in [-0.25, -0.2) is 0 Å². The lowest BCUT2D eigenvalue weighted by Crippen LogP contribution is -2.41. The molecule has 0 fully saturated rings. The minimum absolute atomic E-state index is 0.130. The molecular weight excluding hydrogens is 230 g/mol. The molecule has 0 bridgehead atoms. The van der Waals surface area contributed by atoms with Crippen LogP contribution in [0.4, 0.5) is 0 Å². The average Bonchev–Trinajstić information content (AvgIpc) is 2.34. The molecule has 0 amide bonds. The van der Waals surface area contributed by atoms with Gasteiger partial charge < -0.3 is 15.2 Å². The molecule has 0 heterocycles. The molecule has 0 aliphatic rings. The first-order valence-corrected chi connectivity index (χ1v) is 6.23. The SMILES string of the molecule is CCNC(COc1cccc(C(C)C)c1)C(=O)O. The Kier molecular flexibility index (Phi) is 5.65. The van der Waals surface area contributed by atoms with Crippen LogP contribution in [0, 0.1) is 0 Å². The van der Waals surface area contributed by atoms with E-state index in [1.165, 1.54) is 5.56 Å². The first kappa shape index (κ1) is 14.5. The Morgan fingerprint density at radius 3 is 2.72 bits per heavy atom. The molecule has 0 radical (unpaired) electrons. The second-order valence-electron chi connectivity index (χ2n) is 4.49. The third kappa shape index (κ3) is 4.37. The molecule has 1 unspecified atom stereocenters. The molecule has 0 saturated heterocycles. The summed E-state index contributed by atoms with van der Waals surface area (Å²) in [4.78, 5) is 10.9. The number of carboxylic acid groups (broad SMARTS) is 1. The quantitative estimate of drug-likeness (QED) is 0.780. The summed E-state index contributed by atoms with van der Waals surface area (Å²) >= 11 is 0. The smallest absolute Gasteiger partial charge is 0.324 e. The molecule has 1 aromatic carbocycles. The van der Waals surface area contributed by atoms with Crippen LogP contribution in [0.5, 0.6) is 5.75 Å². The number of hydrogen-bond acceptors (Lipinski definition) is 3. The van der Waals surface area contributed by atoms with E-state index in [0.717, 1.165) is 0 Å². The van der Waals surface area contributed by atoms with Crippen molar-refractivity contribution in [2.24, 2.45) is 0 Å². The third-order valence-corrected chi connectivity index (χ3v) is 2.69. The van der Waals surface area contributed by atoms with Crippen molar-refractivity contribution in [1.82, 2.24) is 5.32 Å². The molecule has 0 aliphatic carbocycles. The average molecular weight is 251 g/mol. The van der Waals surface area contributed by atoms with Gasteiger partial charge >= 0.3 is 5.97 Å². The third-order valence-electron chi connectivity index (χ3n) is 2.69. The molecule has 1 aromatic rings. The van der Waals surface area contributed by atoms with Crippen LogP contribution in [0.3, 0.4) is 0 Å². The van der Waals surface area contributed by atoms with Crippen molar-refractivity contribution in [3.8, 4) is 5.75 Å². The van der Waals surface area contributed by atoms with Crippen molar-refractivity contribution < 1.29 is 14.6 Å². The summed E-state index contributed by atoms with van der Waals surface area (Å²) in [5.41, 5.74) is 1.18. The molecular formula is C14H21NO3. The van der Waals surface area contributed by atoms with Crippen LogP contribution < -0.4 is 10.1 Å². The topological polar surface area (TPSA) is 58.6 Å². The fourth-order valence-electron chi connectivity index (χ4n) is 1.61. The number of ether oxygens (including phenoxy) is 1. The molecule has 2 N–H and O–H groups in total. The maximum absolute atomic E-state index is 10.9. The van der Waals surface area contributed by atoms with Gasteiger partial charge in [-0.05, 0) is 30.2 Å². The van der Waals surface area contributed by atoms with E-state index >= 15 is 0 Å². The summed E-state index contributed by atoms with van der Waals surface area (Å²) in [7, 11) is 0. The summed E-state index contributed by atoms with van der Waals surface area (Å²) in [5.74, 6) is 0.250. The molecule has 18 heavy (non-hydrogen) atoms. The van der Waals surface area contributed by atoms with Gasteiger partial charge in [-0.3, -0.25) is 4.79 Å². The predicted molar refractivity (Wildman–Crippen MR) is 71.1 cm³/mol. The number of carboxylic acids is 1. The van der Waals surface area contributed by atoms with Gasteiger partial charge in [0.25, 0.3) is 0 Å². The molecule has 100 valence electrons. The summed E-state index contributed by atoms with van der Waals surface area (Å²) < 4.78 is 5.53. The molecule has 4 heteroatoms. The Morgan fingerprint density at radius 1 is 1.44 bits per heavy atom. The molecule has 0 aliphatic heterocycles. The summed E-state index contributed by atoms with van der Waals surface area (Å²) in [6, 6.07) is 7.09. The number of nitrogens with one attached hydrogen (secondary N) is 1. The van der Waals surface area contributed by atoms with Crippen LogP contribution in [0.1, 0.15) is 32.3 Å². The minimum atomic E-state index is -0.892. The van der Waals surface area contributed by atoms with Crippen LogP contribution in [0.25, 0.3) is 0 Å². The molecule has 0 aromatic heterocycles. The monoisotopic (exact) mass is 251 g/mol. The van der Waals surface area contributed by atoms with Crippen molar-refractivity contribution in [3.05, 3.63) is 29.8 Å². The van der Waals surface area contributed by atoms with Gasteiger partial charge in [0.1, 0.15) is 18.4 Å². The number of rotatable bonds is 7. The highest BCUT2D eigenvalue weighted by atomic mass is 16.5. The summed E-state index contributed by atoms with van der Waals surface area (Å²) in [6.07, 6.45) is 0. The lowest BCUT2D eigenvalue weighted by Gasteiger charge is -2.15. The first-order chi connectivity index (χ1) is 8.54. The Morgan fingerprint density at radius 2 is 2.17 bits per heavy atom. The zero-order valence-electron chi connectivity index (χ0n) is 11.1. The second-order valence-corrected chi connectivity index (χ2v) is 4.49. The van der Waals surface area contributed by atoms with E-state index in [4.69, 9.17) is 9.84 Å². The van der Waals surface area contributed by atoms with Crippen LogP contribution in [0.15, 0.2) is 24.3 Å². The molecule has 0 saturated carbocycles. The van der Waals surface area contributed by atoms with Gasteiger partial charge in [0.05, 0.1) is 0 Å². The van der Waals surface area contributed by atoms with Gasteiger partial charge in [0.2, 0.25) is 0 Å². The number of benzene rings is 1. The standard InChI is InChI=1S/C14H21NO3/c1-4-15-13(14(16)17)9-18-12-7-5-6-11(8-12)10(2)3/h5-8,10,13,15H,4,9H2,1-3H3,(H,16,17). The van der Waals surface area contributed by atoms with E-state index in [1.807, 2.05) is 31.2 Å². The fourth-order valence-corrected chi connectivity index (χ4v) is 1.61. The van der Waals surface area contributed by atoms with Gasteiger partial charge in [0.15, 0.2) is 0 Å². The summed E-state index contributed by atoms with van der Waals surface area (Å²) in [5, 5.41) is 11.8. The van der Waals surface area contributed by atoms with Crippen molar-refractivity contribution in [3.63, 3.8) is 0 Å². The van der Waals surface area contributed by atoms with E-state index in [1.54, 1.807) is 0 Å². The normalized spacial score (nSPS) is 12.4. The van der Waals surface area contributed by atoms with Crippen LogP contribution in [-0.4, -0.2) is 30.3 Å². The zero-order valence-corrected chi connectivity index (χ0v) is 11.1. The van der Waals surface area contributed by atoms with E-state index in [-0.39, 0.29) is 6.61 Å². The predicted octanol–water partition coefficient (Wildman–Crippen LogP) is 2.25. The number of carbonyl (C=O) groups is 1. The highest BCUT2D eigenvalue weighted by molar-refractivity contribution is 5.73. The fraction of sp³-hybridized carbons (Fsp3) is 0.500. The Labute approximate surface area is 108 Å². The summed E-state index contributed by atoms with van der Waals surface area (Å²) in [6.45, 7) is 6.82. The van der Waals surface area contributed by atoms with Gasteiger partial charge in [-0.2, -0.15) is 0 Å². The molecule has 0 spiro atoms. The molecule has 1 atom stereocenters. The zero-order chi connectivity index (χ0) is 13.5. The Bertz CT molecular complexity index is 390. The minimum Gasteiger partial charge on any atom is -0.491 e. The number of hydrogen-bond donors (Lipinski definition) is 2. The Hall–Kier alpha value is -1.55. The second kappa shape index (κ2) is 7.01. The lowest BCUT2D eigenvalue weighted by atomic mass is 10.0. The van der Waals surface area contributed by atoms with Crippen molar-refractivity contribution >= 4 is 5.97 Å². The molecule has 1 rings (SSSR count). The van der Waals surface area contributed by atoms with Crippen molar-refractivity contribution in [2.75, 3.05) is 13.2 Å². The first-order valence-electron chi connectivity index (χ1n) is 6.23. The Balaban J connectivity index is 2.61. The van der Waals surface area contributed by atoms with E-state index in [0.29, 0.717) is 18.2 Å². The van der Waals surface area contributed by atoms with E-state index in [9.17, 15) is 4.79 Å². The highest BCUT2D eigenvalue weighted by Crippen LogP contribution is 2.20. The highest BCUT2D eigenvalue weighted by Gasteiger charge is 2.16. The number of likely N-dealkylation sites (N-methyl/N-ethyl adjacent to an activating group) is 1. The van der Waals surface area contributed by atoms with E-state index in [2.05, 4.69) is 19.2 Å². The largest absolute Gasteiger partial charge is 0.491 e. The lowest BCUT2D eigenvalue weighted by molar-refractivity contribution is -0.140.